The van der Waals surface area contributed by atoms with Gasteiger partial charge in [-0.05, 0) is 67.1 Å². The van der Waals surface area contributed by atoms with E-state index in [1.807, 2.05) is 12.3 Å². The molecule has 4 aliphatic rings. The third-order valence-corrected chi connectivity index (χ3v) is 8.26. The third kappa shape index (κ3) is 2.41. The molecular weight excluding hydrogens is 346 g/mol. The second-order valence-electron chi connectivity index (χ2n) is 9.49. The summed E-state index contributed by atoms with van der Waals surface area (Å²) in [5.41, 5.74) is 5.91. The summed E-state index contributed by atoms with van der Waals surface area (Å²) in [6.45, 7) is 4.85. The molecule has 0 spiro atoms. The first-order valence-corrected chi connectivity index (χ1v) is 10.6. The third-order valence-electron chi connectivity index (χ3n) is 8.26. The molecule has 1 heterocycles. The van der Waals surface area contributed by atoms with Crippen LogP contribution in [0, 0.1) is 22.7 Å². The number of methoxy groups -OCH3 is 1. The summed E-state index contributed by atoms with van der Waals surface area (Å²) in [5.74, 6) is 2.44. The van der Waals surface area contributed by atoms with Crippen LogP contribution in [0.15, 0.2) is 47.8 Å². The lowest BCUT2D eigenvalue weighted by Crippen LogP contribution is -2.47. The number of rotatable bonds is 2. The van der Waals surface area contributed by atoms with Gasteiger partial charge in [-0.25, -0.2) is 0 Å². The minimum atomic E-state index is 0.0945. The van der Waals surface area contributed by atoms with Gasteiger partial charge < -0.3 is 4.74 Å². The largest absolute Gasteiger partial charge is 0.495 e. The van der Waals surface area contributed by atoms with Crippen LogP contribution in [0.25, 0.3) is 5.57 Å². The molecule has 0 N–H and O–H groups in total. The van der Waals surface area contributed by atoms with Crippen molar-refractivity contribution >= 4 is 11.4 Å². The van der Waals surface area contributed by atoms with Crippen LogP contribution in [0.1, 0.15) is 57.9 Å². The molecular formula is C25H29NO2. The van der Waals surface area contributed by atoms with Gasteiger partial charge in [-0.1, -0.05) is 37.1 Å². The van der Waals surface area contributed by atoms with Crippen molar-refractivity contribution in [1.82, 2.24) is 4.98 Å². The number of nitrogens with zero attached hydrogens (tertiary/aromatic N) is 1. The second-order valence-corrected chi connectivity index (χ2v) is 9.49. The molecule has 0 bridgehead atoms. The summed E-state index contributed by atoms with van der Waals surface area (Å²) < 4.78 is 5.41. The summed E-state index contributed by atoms with van der Waals surface area (Å²) in [4.78, 5) is 16.4. The smallest absolute Gasteiger partial charge is 0.155 e. The van der Waals surface area contributed by atoms with Gasteiger partial charge in [0.1, 0.15) is 5.75 Å². The molecule has 4 atom stereocenters. The standard InChI is InChI=1S/C25H29NO2/c1-24-10-8-18(27)13-17(24)4-5-20-22-7-6-21(25(22,2)11-9-23(20)24)16-12-19(28-3)15-26-14-16/h6-7,12-15,20,23H,4-5,8-11H2,1-3H3/t20?,23?,24-,25+/m0/s1. The Hall–Kier alpha value is -2.16. The molecule has 2 saturated carbocycles. The zero-order chi connectivity index (χ0) is 19.5. The Labute approximate surface area is 167 Å². The van der Waals surface area contributed by atoms with Crippen LogP contribution < -0.4 is 4.74 Å². The first kappa shape index (κ1) is 17.9. The molecule has 1 aromatic heterocycles. The SMILES string of the molecule is COc1cncc(C2=CC=C3C4CCC5=CC(=O)CC[C@]5(C)C4CC[C@]23C)c1. The Morgan fingerprint density at radius 1 is 1.11 bits per heavy atom. The highest BCUT2D eigenvalue weighted by atomic mass is 16.5. The molecule has 146 valence electrons. The van der Waals surface area contributed by atoms with Gasteiger partial charge in [0.05, 0.1) is 13.3 Å². The van der Waals surface area contributed by atoms with Gasteiger partial charge >= 0.3 is 0 Å². The van der Waals surface area contributed by atoms with Crippen LogP contribution in [0.3, 0.4) is 0 Å². The van der Waals surface area contributed by atoms with Gasteiger partial charge in [0.15, 0.2) is 5.78 Å². The van der Waals surface area contributed by atoms with Crippen molar-refractivity contribution in [1.29, 1.82) is 0 Å². The number of ether oxygens (including phenoxy) is 1. The van der Waals surface area contributed by atoms with E-state index >= 15 is 0 Å². The number of aromatic nitrogens is 1. The predicted molar refractivity (Wildman–Crippen MR) is 111 cm³/mol. The molecule has 0 aromatic carbocycles. The van der Waals surface area contributed by atoms with Gasteiger partial charge in [-0.2, -0.15) is 0 Å². The predicted octanol–water partition coefficient (Wildman–Crippen LogP) is 5.54. The van der Waals surface area contributed by atoms with Gasteiger partial charge in [-0.15, -0.1) is 0 Å². The van der Waals surface area contributed by atoms with Gasteiger partial charge in [0, 0.05) is 23.6 Å². The highest BCUT2D eigenvalue weighted by molar-refractivity contribution is 5.91. The molecule has 0 radical (unpaired) electrons. The van der Waals surface area contributed by atoms with E-state index in [1.165, 1.54) is 36.0 Å². The molecule has 2 fully saturated rings. The first-order valence-electron chi connectivity index (χ1n) is 10.6. The Bertz CT molecular complexity index is 940. The van der Waals surface area contributed by atoms with Crippen LogP contribution in [0.5, 0.6) is 5.75 Å². The number of pyridine rings is 1. The summed E-state index contributed by atoms with van der Waals surface area (Å²) >= 11 is 0. The summed E-state index contributed by atoms with van der Waals surface area (Å²) in [6.07, 6.45) is 16.9. The van der Waals surface area contributed by atoms with Gasteiger partial charge in [0.2, 0.25) is 0 Å². The monoisotopic (exact) mass is 375 g/mol. The van der Waals surface area contributed by atoms with Crippen LogP contribution in [-0.2, 0) is 4.79 Å². The number of carbonyl (C=O) groups is 1. The van der Waals surface area contributed by atoms with E-state index in [1.54, 1.807) is 18.9 Å². The van der Waals surface area contributed by atoms with E-state index in [2.05, 4.69) is 37.0 Å². The average molecular weight is 376 g/mol. The van der Waals surface area contributed by atoms with E-state index in [-0.39, 0.29) is 10.8 Å². The van der Waals surface area contributed by atoms with Crippen molar-refractivity contribution < 1.29 is 9.53 Å². The van der Waals surface area contributed by atoms with Crippen molar-refractivity contribution in [2.75, 3.05) is 7.11 Å². The van der Waals surface area contributed by atoms with Crippen molar-refractivity contribution in [2.24, 2.45) is 22.7 Å². The van der Waals surface area contributed by atoms with E-state index < -0.39 is 0 Å². The Balaban J connectivity index is 1.48. The molecule has 4 aliphatic carbocycles. The minimum absolute atomic E-state index is 0.0945. The number of hydrogen-bond donors (Lipinski definition) is 0. The number of ketones is 1. The summed E-state index contributed by atoms with van der Waals surface area (Å²) in [7, 11) is 1.70. The van der Waals surface area contributed by atoms with E-state index in [0.717, 1.165) is 25.0 Å². The fourth-order valence-corrected chi connectivity index (χ4v) is 6.65. The van der Waals surface area contributed by atoms with Crippen molar-refractivity contribution in [3.8, 4) is 5.75 Å². The first-order chi connectivity index (χ1) is 13.5. The summed E-state index contributed by atoms with van der Waals surface area (Å²) in [6, 6.07) is 2.11. The zero-order valence-electron chi connectivity index (χ0n) is 17.1. The van der Waals surface area contributed by atoms with Crippen LogP contribution in [0.4, 0.5) is 0 Å². The van der Waals surface area contributed by atoms with Crippen molar-refractivity contribution in [2.45, 2.75) is 52.4 Å². The number of allylic oxidation sites excluding steroid dienone is 6. The maximum absolute atomic E-state index is 12.0. The molecule has 1 aromatic rings. The van der Waals surface area contributed by atoms with Crippen molar-refractivity contribution in [3.63, 3.8) is 0 Å². The minimum Gasteiger partial charge on any atom is -0.495 e. The summed E-state index contributed by atoms with van der Waals surface area (Å²) in [5, 5.41) is 0. The maximum Gasteiger partial charge on any atom is 0.155 e. The van der Waals surface area contributed by atoms with E-state index in [9.17, 15) is 4.79 Å². The lowest BCUT2D eigenvalue weighted by atomic mass is 9.48. The quantitative estimate of drug-likeness (QED) is 0.682. The highest BCUT2D eigenvalue weighted by Crippen LogP contribution is 2.65. The van der Waals surface area contributed by atoms with Crippen molar-refractivity contribution in [3.05, 3.63) is 53.4 Å². The Morgan fingerprint density at radius 3 is 2.79 bits per heavy atom. The number of carbonyl (C=O) groups excluding carboxylic acids is 1. The van der Waals surface area contributed by atoms with Crippen LogP contribution >= 0.6 is 0 Å². The normalized spacial score (nSPS) is 36.5. The van der Waals surface area contributed by atoms with E-state index in [4.69, 9.17) is 4.74 Å². The zero-order valence-corrected chi connectivity index (χ0v) is 17.1. The fraction of sp³-hybridized carbons (Fsp3) is 0.520. The lowest BCUT2D eigenvalue weighted by molar-refractivity contribution is -0.116. The molecule has 2 unspecified atom stereocenters. The topological polar surface area (TPSA) is 39.2 Å². The number of fused-ring (bicyclic) bond motifs is 5. The number of hydrogen-bond acceptors (Lipinski definition) is 3. The average Bonchev–Trinajstić information content (AvgIpc) is 3.06. The molecule has 0 saturated heterocycles. The highest BCUT2D eigenvalue weighted by Gasteiger charge is 2.54. The van der Waals surface area contributed by atoms with Gasteiger partial charge in [-0.3, -0.25) is 9.78 Å². The van der Waals surface area contributed by atoms with Crippen LogP contribution in [-0.4, -0.2) is 17.9 Å². The van der Waals surface area contributed by atoms with E-state index in [0.29, 0.717) is 17.6 Å². The lowest BCUT2D eigenvalue weighted by Gasteiger charge is -2.56. The van der Waals surface area contributed by atoms with Crippen LogP contribution in [0.2, 0.25) is 0 Å². The Morgan fingerprint density at radius 2 is 1.96 bits per heavy atom. The molecule has 3 heteroatoms. The molecule has 3 nitrogen and oxygen atoms in total. The Kier molecular flexibility index (Phi) is 3.94. The second kappa shape index (κ2) is 6.17. The molecule has 28 heavy (non-hydrogen) atoms. The maximum atomic E-state index is 12.0. The molecule has 0 amide bonds. The molecule has 5 rings (SSSR count). The fourth-order valence-electron chi connectivity index (χ4n) is 6.65. The molecule has 0 aliphatic heterocycles. The van der Waals surface area contributed by atoms with Gasteiger partial charge in [0.25, 0.3) is 0 Å².